The molecule has 1 saturated heterocycles. The van der Waals surface area contributed by atoms with Crippen LogP contribution >= 0.6 is 0 Å². The standard InChI is InChI=1S/C11H22N2O3/c1-9(2)16-7-5-13(3)11(14)10-8-15-6-4-12-10/h9-10,12H,4-8H2,1-3H3. The van der Waals surface area contributed by atoms with Gasteiger partial charge >= 0.3 is 0 Å². The second-order valence-electron chi connectivity index (χ2n) is 4.26. The molecule has 0 aromatic heterocycles. The molecule has 1 heterocycles. The first-order chi connectivity index (χ1) is 7.61. The van der Waals surface area contributed by atoms with Gasteiger partial charge in [0.15, 0.2) is 0 Å². The lowest BCUT2D eigenvalue weighted by atomic mass is 10.2. The van der Waals surface area contributed by atoms with E-state index in [1.54, 1.807) is 11.9 Å². The summed E-state index contributed by atoms with van der Waals surface area (Å²) in [5.41, 5.74) is 0. The molecule has 0 spiro atoms. The Balaban J connectivity index is 2.23. The van der Waals surface area contributed by atoms with E-state index in [2.05, 4.69) is 5.32 Å². The molecule has 1 atom stereocenters. The molecular weight excluding hydrogens is 208 g/mol. The molecule has 1 aliphatic rings. The van der Waals surface area contributed by atoms with Gasteiger partial charge in [-0.05, 0) is 13.8 Å². The zero-order valence-corrected chi connectivity index (χ0v) is 10.4. The number of ether oxygens (including phenoxy) is 2. The first-order valence-corrected chi connectivity index (χ1v) is 5.79. The lowest BCUT2D eigenvalue weighted by Gasteiger charge is -2.27. The van der Waals surface area contributed by atoms with Crippen molar-refractivity contribution in [2.45, 2.75) is 26.0 Å². The summed E-state index contributed by atoms with van der Waals surface area (Å²) in [6, 6.07) is -0.196. The SMILES string of the molecule is CC(C)OCCN(C)C(=O)C1COCCN1. The van der Waals surface area contributed by atoms with E-state index in [1.807, 2.05) is 13.8 Å². The van der Waals surface area contributed by atoms with E-state index in [4.69, 9.17) is 9.47 Å². The van der Waals surface area contributed by atoms with Crippen molar-refractivity contribution in [2.75, 3.05) is 40.0 Å². The van der Waals surface area contributed by atoms with E-state index in [0.717, 1.165) is 6.54 Å². The van der Waals surface area contributed by atoms with E-state index < -0.39 is 0 Å². The van der Waals surface area contributed by atoms with Gasteiger partial charge in [-0.2, -0.15) is 0 Å². The van der Waals surface area contributed by atoms with Gasteiger partial charge in [0, 0.05) is 20.1 Å². The summed E-state index contributed by atoms with van der Waals surface area (Å²) < 4.78 is 10.7. The predicted molar refractivity (Wildman–Crippen MR) is 61.3 cm³/mol. The number of hydrogen-bond donors (Lipinski definition) is 1. The summed E-state index contributed by atoms with van der Waals surface area (Å²) in [5, 5.41) is 3.14. The van der Waals surface area contributed by atoms with E-state index >= 15 is 0 Å². The van der Waals surface area contributed by atoms with Gasteiger partial charge < -0.3 is 19.7 Å². The molecule has 5 nitrogen and oxygen atoms in total. The molecule has 0 saturated carbocycles. The number of rotatable bonds is 5. The number of morpholine rings is 1. The Morgan fingerprint density at radius 3 is 2.94 bits per heavy atom. The van der Waals surface area contributed by atoms with Crippen LogP contribution in [-0.2, 0) is 14.3 Å². The molecule has 0 aromatic rings. The second kappa shape index (κ2) is 6.83. The molecular formula is C11H22N2O3. The molecule has 1 rings (SSSR count). The second-order valence-corrected chi connectivity index (χ2v) is 4.26. The molecule has 1 unspecified atom stereocenters. The zero-order valence-electron chi connectivity index (χ0n) is 10.4. The highest BCUT2D eigenvalue weighted by atomic mass is 16.5. The lowest BCUT2D eigenvalue weighted by molar-refractivity contribution is -0.135. The topological polar surface area (TPSA) is 50.8 Å². The maximum atomic E-state index is 11.9. The average molecular weight is 230 g/mol. The summed E-state index contributed by atoms with van der Waals surface area (Å²) in [5.74, 6) is 0.0760. The van der Waals surface area contributed by atoms with Crippen LogP contribution in [0.25, 0.3) is 0 Å². The molecule has 94 valence electrons. The summed E-state index contributed by atoms with van der Waals surface area (Å²) in [6.07, 6.45) is 0.208. The fourth-order valence-electron chi connectivity index (χ4n) is 1.53. The molecule has 1 fully saturated rings. The average Bonchev–Trinajstić information content (AvgIpc) is 2.28. The van der Waals surface area contributed by atoms with Crippen molar-refractivity contribution in [3.05, 3.63) is 0 Å². The number of nitrogens with zero attached hydrogens (tertiary/aromatic N) is 1. The summed E-state index contributed by atoms with van der Waals surface area (Å²) in [4.78, 5) is 13.6. The Kier molecular flexibility index (Phi) is 5.73. The van der Waals surface area contributed by atoms with E-state index in [-0.39, 0.29) is 18.1 Å². The van der Waals surface area contributed by atoms with E-state index in [1.165, 1.54) is 0 Å². The maximum Gasteiger partial charge on any atom is 0.241 e. The van der Waals surface area contributed by atoms with Crippen LogP contribution in [-0.4, -0.2) is 62.9 Å². The Labute approximate surface area is 97.1 Å². The number of likely N-dealkylation sites (N-methyl/N-ethyl adjacent to an activating group) is 1. The van der Waals surface area contributed by atoms with Crippen molar-refractivity contribution in [1.29, 1.82) is 0 Å². The van der Waals surface area contributed by atoms with Gasteiger partial charge in [-0.15, -0.1) is 0 Å². The van der Waals surface area contributed by atoms with Gasteiger partial charge in [0.05, 0.1) is 25.9 Å². The summed E-state index contributed by atoms with van der Waals surface area (Å²) in [7, 11) is 1.79. The third-order valence-corrected chi connectivity index (χ3v) is 2.47. The van der Waals surface area contributed by atoms with E-state index in [0.29, 0.717) is 26.4 Å². The van der Waals surface area contributed by atoms with Crippen molar-refractivity contribution in [3.63, 3.8) is 0 Å². The highest BCUT2D eigenvalue weighted by Crippen LogP contribution is 1.98. The third-order valence-electron chi connectivity index (χ3n) is 2.47. The van der Waals surface area contributed by atoms with E-state index in [9.17, 15) is 4.79 Å². The van der Waals surface area contributed by atoms with Gasteiger partial charge in [0.2, 0.25) is 5.91 Å². The molecule has 0 aliphatic carbocycles. The molecule has 1 N–H and O–H groups in total. The highest BCUT2D eigenvalue weighted by Gasteiger charge is 2.23. The molecule has 0 bridgehead atoms. The maximum absolute atomic E-state index is 11.9. The first kappa shape index (κ1) is 13.4. The minimum absolute atomic E-state index is 0.0760. The van der Waals surface area contributed by atoms with Crippen LogP contribution < -0.4 is 5.32 Å². The largest absolute Gasteiger partial charge is 0.378 e. The fourth-order valence-corrected chi connectivity index (χ4v) is 1.53. The fraction of sp³-hybridized carbons (Fsp3) is 0.909. The Hall–Kier alpha value is -0.650. The van der Waals surface area contributed by atoms with Crippen molar-refractivity contribution < 1.29 is 14.3 Å². The van der Waals surface area contributed by atoms with Gasteiger partial charge in [0.1, 0.15) is 6.04 Å². The third kappa shape index (κ3) is 4.47. The van der Waals surface area contributed by atoms with Crippen LogP contribution in [0.2, 0.25) is 0 Å². The summed E-state index contributed by atoms with van der Waals surface area (Å²) >= 11 is 0. The number of carbonyl (C=O) groups excluding carboxylic acids is 1. The monoisotopic (exact) mass is 230 g/mol. The van der Waals surface area contributed by atoms with Crippen LogP contribution in [0.1, 0.15) is 13.8 Å². The smallest absolute Gasteiger partial charge is 0.241 e. The van der Waals surface area contributed by atoms with Gasteiger partial charge in [0.25, 0.3) is 0 Å². The minimum atomic E-state index is -0.196. The number of nitrogens with one attached hydrogen (secondary N) is 1. The molecule has 1 amide bonds. The molecule has 1 aliphatic heterocycles. The zero-order chi connectivity index (χ0) is 12.0. The first-order valence-electron chi connectivity index (χ1n) is 5.79. The molecule has 0 radical (unpaired) electrons. The van der Waals surface area contributed by atoms with Crippen LogP contribution in [0, 0.1) is 0 Å². The quantitative estimate of drug-likeness (QED) is 0.714. The number of carbonyl (C=O) groups is 1. The minimum Gasteiger partial charge on any atom is -0.378 e. The van der Waals surface area contributed by atoms with Gasteiger partial charge in [-0.3, -0.25) is 4.79 Å². The Morgan fingerprint density at radius 1 is 1.62 bits per heavy atom. The van der Waals surface area contributed by atoms with Crippen molar-refractivity contribution in [1.82, 2.24) is 10.2 Å². The van der Waals surface area contributed by atoms with Crippen LogP contribution in [0.4, 0.5) is 0 Å². The van der Waals surface area contributed by atoms with Crippen LogP contribution in [0.3, 0.4) is 0 Å². The number of amides is 1. The van der Waals surface area contributed by atoms with Crippen LogP contribution in [0.15, 0.2) is 0 Å². The van der Waals surface area contributed by atoms with Gasteiger partial charge in [-0.1, -0.05) is 0 Å². The Morgan fingerprint density at radius 2 is 2.38 bits per heavy atom. The summed E-state index contributed by atoms with van der Waals surface area (Å²) in [6.45, 7) is 7.06. The number of hydrogen-bond acceptors (Lipinski definition) is 4. The van der Waals surface area contributed by atoms with Crippen molar-refractivity contribution in [3.8, 4) is 0 Å². The predicted octanol–water partition coefficient (Wildman–Crippen LogP) is -0.142. The van der Waals surface area contributed by atoms with Gasteiger partial charge in [-0.25, -0.2) is 0 Å². The highest BCUT2D eigenvalue weighted by molar-refractivity contribution is 5.81. The van der Waals surface area contributed by atoms with Crippen molar-refractivity contribution in [2.24, 2.45) is 0 Å². The normalized spacial score (nSPS) is 21.1. The molecule has 16 heavy (non-hydrogen) atoms. The molecule has 0 aromatic carbocycles. The molecule has 5 heteroatoms. The Bertz CT molecular complexity index is 215. The lowest BCUT2D eigenvalue weighted by Crippen LogP contribution is -2.52. The van der Waals surface area contributed by atoms with Crippen molar-refractivity contribution >= 4 is 5.91 Å². The van der Waals surface area contributed by atoms with Crippen LogP contribution in [0.5, 0.6) is 0 Å².